The Labute approximate surface area is 207 Å². The highest BCUT2D eigenvalue weighted by atomic mass is 32.2. The molecule has 0 fully saturated rings. The number of ether oxygens (including phenoxy) is 1. The minimum absolute atomic E-state index is 0.00695. The van der Waals surface area contributed by atoms with Crippen LogP contribution in [0, 0.1) is 18.3 Å². The van der Waals surface area contributed by atoms with Gasteiger partial charge < -0.3 is 10.1 Å². The maximum Gasteiger partial charge on any atom is 0.308 e. The number of sulfonamides is 1. The van der Waals surface area contributed by atoms with Crippen LogP contribution in [0.15, 0.2) is 53.4 Å². The lowest BCUT2D eigenvalue weighted by molar-refractivity contribution is -0.156. The van der Waals surface area contributed by atoms with Crippen LogP contribution in [0.4, 0.5) is 0 Å². The molecule has 35 heavy (non-hydrogen) atoms. The minimum Gasteiger partial charge on any atom is -0.460 e. The van der Waals surface area contributed by atoms with Crippen LogP contribution in [-0.4, -0.2) is 38.5 Å². The van der Waals surface area contributed by atoms with Crippen molar-refractivity contribution in [3.63, 3.8) is 0 Å². The first-order valence-electron chi connectivity index (χ1n) is 11.5. The first kappa shape index (κ1) is 28.0. The Morgan fingerprint density at radius 1 is 1.03 bits per heavy atom. The van der Waals surface area contributed by atoms with E-state index in [-0.39, 0.29) is 4.90 Å². The number of hydrogen-bond acceptors (Lipinski definition) is 6. The van der Waals surface area contributed by atoms with Crippen molar-refractivity contribution in [2.75, 3.05) is 6.54 Å². The van der Waals surface area contributed by atoms with Crippen LogP contribution in [0.3, 0.4) is 0 Å². The fourth-order valence-corrected chi connectivity index (χ4v) is 4.44. The van der Waals surface area contributed by atoms with Crippen LogP contribution in [-0.2, 0) is 30.8 Å². The van der Waals surface area contributed by atoms with Gasteiger partial charge in [-0.1, -0.05) is 29.8 Å². The molecule has 0 aliphatic carbocycles. The summed E-state index contributed by atoms with van der Waals surface area (Å²) in [5, 5.41) is 11.6. The number of nitriles is 1. The summed E-state index contributed by atoms with van der Waals surface area (Å²) in [5.41, 5.74) is 1.82. The second-order valence-corrected chi connectivity index (χ2v) is 11.0. The molecule has 188 valence electrons. The Morgan fingerprint density at radius 2 is 1.66 bits per heavy atom. The van der Waals surface area contributed by atoms with Crippen molar-refractivity contribution >= 4 is 21.9 Å². The highest BCUT2D eigenvalue weighted by Gasteiger charge is 2.30. The van der Waals surface area contributed by atoms with E-state index in [1.807, 2.05) is 19.1 Å². The molecule has 0 saturated carbocycles. The van der Waals surface area contributed by atoms with Crippen molar-refractivity contribution in [1.82, 2.24) is 10.0 Å². The highest BCUT2D eigenvalue weighted by molar-refractivity contribution is 7.89. The molecule has 8 nitrogen and oxygen atoms in total. The molecule has 2 rings (SSSR count). The van der Waals surface area contributed by atoms with Gasteiger partial charge in [0, 0.05) is 6.54 Å². The van der Waals surface area contributed by atoms with Crippen molar-refractivity contribution in [1.29, 1.82) is 5.26 Å². The molecule has 0 bridgehead atoms. The third-order valence-electron chi connectivity index (χ3n) is 5.01. The molecule has 9 heteroatoms. The lowest BCUT2D eigenvalue weighted by Crippen LogP contribution is -2.48. The molecule has 0 aliphatic heterocycles. The molecule has 2 aromatic carbocycles. The second-order valence-electron chi connectivity index (χ2n) is 9.33. The summed E-state index contributed by atoms with van der Waals surface area (Å²) in [7, 11) is -4.03. The number of rotatable bonds is 11. The number of amides is 1. The summed E-state index contributed by atoms with van der Waals surface area (Å²) >= 11 is 0. The van der Waals surface area contributed by atoms with E-state index in [0.717, 1.165) is 24.0 Å². The number of nitrogens with one attached hydrogen (secondary N) is 2. The van der Waals surface area contributed by atoms with Gasteiger partial charge in [-0.15, -0.1) is 0 Å². The average molecular weight is 500 g/mol. The Morgan fingerprint density at radius 3 is 2.23 bits per heavy atom. The summed E-state index contributed by atoms with van der Waals surface area (Å²) in [6.45, 7) is 7.26. The van der Waals surface area contributed by atoms with Gasteiger partial charge in [-0.05, 0) is 76.8 Å². The zero-order valence-electron chi connectivity index (χ0n) is 20.6. The normalized spacial score (nSPS) is 12.4. The number of aryl methyl sites for hydroxylation is 2. The van der Waals surface area contributed by atoms with E-state index in [2.05, 4.69) is 16.1 Å². The monoisotopic (exact) mass is 499 g/mol. The van der Waals surface area contributed by atoms with E-state index in [1.54, 1.807) is 45.0 Å². The SMILES string of the molecule is Cc1ccc(S(=O)(=O)NC(CC(=O)OC(C)(C)C)C(=O)NCCCCc2ccc(C#N)cc2)cc1. The Bertz CT molecular complexity index is 1150. The van der Waals surface area contributed by atoms with Gasteiger partial charge in [0.15, 0.2) is 0 Å². The number of carbonyl (C=O) groups excluding carboxylic acids is 2. The fraction of sp³-hybridized carbons (Fsp3) is 0.423. The quantitative estimate of drug-likeness (QED) is 0.361. The highest BCUT2D eigenvalue weighted by Crippen LogP contribution is 2.14. The number of esters is 1. The summed E-state index contributed by atoms with van der Waals surface area (Å²) in [6, 6.07) is 14.3. The average Bonchev–Trinajstić information content (AvgIpc) is 2.77. The maximum atomic E-state index is 12.8. The van der Waals surface area contributed by atoms with Crippen LogP contribution >= 0.6 is 0 Å². The summed E-state index contributed by atoms with van der Waals surface area (Å²) < 4.78 is 33.3. The molecule has 1 atom stereocenters. The van der Waals surface area contributed by atoms with Gasteiger partial charge in [0.1, 0.15) is 11.6 Å². The molecular formula is C26H33N3O5S. The third-order valence-corrected chi connectivity index (χ3v) is 6.50. The van der Waals surface area contributed by atoms with E-state index < -0.39 is 40.0 Å². The van der Waals surface area contributed by atoms with Gasteiger partial charge in [-0.3, -0.25) is 9.59 Å². The Kier molecular flexibility index (Phi) is 9.99. The molecular weight excluding hydrogens is 466 g/mol. The molecule has 1 amide bonds. The second kappa shape index (κ2) is 12.5. The Hall–Kier alpha value is -3.22. The first-order chi connectivity index (χ1) is 16.4. The zero-order chi connectivity index (χ0) is 26.1. The zero-order valence-corrected chi connectivity index (χ0v) is 21.4. The third kappa shape index (κ3) is 9.89. The van der Waals surface area contributed by atoms with Crippen LogP contribution in [0.2, 0.25) is 0 Å². The predicted octanol–water partition coefficient (Wildman–Crippen LogP) is 3.38. The molecule has 0 heterocycles. The van der Waals surface area contributed by atoms with Crippen molar-refractivity contribution in [3.8, 4) is 6.07 Å². The van der Waals surface area contributed by atoms with Gasteiger partial charge in [0.2, 0.25) is 15.9 Å². The van der Waals surface area contributed by atoms with E-state index in [0.29, 0.717) is 18.5 Å². The first-order valence-corrected chi connectivity index (χ1v) is 13.0. The van der Waals surface area contributed by atoms with Gasteiger partial charge >= 0.3 is 5.97 Å². The standard InChI is InChI=1S/C26H33N3O5S/c1-19-8-14-22(15-9-19)35(32,33)29-23(17-24(30)34-26(2,3)4)25(31)28-16-6-5-7-20-10-12-21(18-27)13-11-20/h8-15,23,29H,5-7,16-17H2,1-4H3,(H,28,31). The molecule has 0 aliphatic rings. The molecule has 0 saturated heterocycles. The number of nitrogens with zero attached hydrogens (tertiary/aromatic N) is 1. The number of benzene rings is 2. The minimum atomic E-state index is -4.03. The predicted molar refractivity (Wildman–Crippen MR) is 133 cm³/mol. The van der Waals surface area contributed by atoms with Gasteiger partial charge in [-0.2, -0.15) is 9.98 Å². The molecule has 0 spiro atoms. The summed E-state index contributed by atoms with van der Waals surface area (Å²) in [6.07, 6.45) is 1.80. The van der Waals surface area contributed by atoms with Crippen LogP contribution < -0.4 is 10.0 Å². The van der Waals surface area contributed by atoms with E-state index >= 15 is 0 Å². The Balaban J connectivity index is 1.98. The van der Waals surface area contributed by atoms with Gasteiger partial charge in [0.05, 0.1) is 22.9 Å². The molecule has 2 aromatic rings. The smallest absolute Gasteiger partial charge is 0.308 e. The molecule has 0 aromatic heterocycles. The van der Waals surface area contributed by atoms with Crippen molar-refractivity contribution in [3.05, 3.63) is 65.2 Å². The molecule has 0 radical (unpaired) electrons. The fourth-order valence-electron chi connectivity index (χ4n) is 3.25. The lowest BCUT2D eigenvalue weighted by Gasteiger charge is -2.22. The topological polar surface area (TPSA) is 125 Å². The summed E-state index contributed by atoms with van der Waals surface area (Å²) in [5.74, 6) is -1.27. The van der Waals surface area contributed by atoms with Gasteiger partial charge in [-0.25, -0.2) is 8.42 Å². The molecule has 1 unspecified atom stereocenters. The van der Waals surface area contributed by atoms with Gasteiger partial charge in [0.25, 0.3) is 0 Å². The number of hydrogen-bond donors (Lipinski definition) is 2. The van der Waals surface area contributed by atoms with Crippen molar-refractivity contribution in [2.24, 2.45) is 0 Å². The van der Waals surface area contributed by atoms with Crippen molar-refractivity contribution in [2.45, 2.75) is 69.9 Å². The van der Waals surface area contributed by atoms with E-state index in [4.69, 9.17) is 10.00 Å². The largest absolute Gasteiger partial charge is 0.460 e. The number of carbonyl (C=O) groups is 2. The summed E-state index contributed by atoms with van der Waals surface area (Å²) in [4.78, 5) is 25.2. The van der Waals surface area contributed by atoms with Crippen LogP contribution in [0.5, 0.6) is 0 Å². The van der Waals surface area contributed by atoms with Crippen molar-refractivity contribution < 1.29 is 22.7 Å². The number of unbranched alkanes of at least 4 members (excludes halogenated alkanes) is 1. The molecule has 2 N–H and O–H groups in total. The van der Waals surface area contributed by atoms with Crippen LogP contribution in [0.1, 0.15) is 56.7 Å². The maximum absolute atomic E-state index is 12.8. The van der Waals surface area contributed by atoms with E-state index in [9.17, 15) is 18.0 Å². The van der Waals surface area contributed by atoms with Crippen LogP contribution in [0.25, 0.3) is 0 Å². The lowest BCUT2D eigenvalue weighted by atomic mass is 10.1. The van der Waals surface area contributed by atoms with E-state index in [1.165, 1.54) is 12.1 Å².